The lowest BCUT2D eigenvalue weighted by molar-refractivity contribution is 0.0696. The Morgan fingerprint density at radius 3 is 2.18 bits per heavy atom. The fraction of sp³-hybridized carbons (Fsp3) is 0. The van der Waals surface area contributed by atoms with Crippen LogP contribution in [0.15, 0.2) is 40.2 Å². The van der Waals surface area contributed by atoms with Crippen molar-refractivity contribution in [2.75, 3.05) is 0 Å². The molecule has 0 radical (unpaired) electrons. The number of benzene rings is 1. The lowest BCUT2D eigenvalue weighted by Crippen LogP contribution is -2.01. The van der Waals surface area contributed by atoms with Gasteiger partial charge in [0, 0.05) is 15.4 Å². The zero-order valence-corrected chi connectivity index (χ0v) is 10.9. The van der Waals surface area contributed by atoms with Gasteiger partial charge in [0.05, 0.1) is 10.4 Å². The summed E-state index contributed by atoms with van der Waals surface area (Å²) in [5, 5.41) is 10.6. The molecule has 0 aliphatic carbocycles. The molecule has 0 aliphatic rings. The number of aromatic carboxylic acids is 1. The molecule has 0 amide bonds. The maximum Gasteiger partial charge on any atom is 0.335 e. The van der Waals surface area contributed by atoms with Crippen LogP contribution in [0.1, 0.15) is 25.6 Å². The van der Waals surface area contributed by atoms with Gasteiger partial charge in [0.1, 0.15) is 0 Å². The Hall–Kier alpha value is -1.46. The van der Waals surface area contributed by atoms with Crippen molar-refractivity contribution in [1.82, 2.24) is 0 Å². The van der Waals surface area contributed by atoms with Crippen molar-refractivity contribution in [1.29, 1.82) is 0 Å². The molecule has 17 heavy (non-hydrogen) atoms. The van der Waals surface area contributed by atoms with Gasteiger partial charge in [-0.1, -0.05) is 12.1 Å². The van der Waals surface area contributed by atoms with Crippen LogP contribution in [0.2, 0.25) is 0 Å². The third-order valence-corrected chi connectivity index (χ3v) is 3.88. The average Bonchev–Trinajstić information content (AvgIpc) is 2.75. The van der Waals surface area contributed by atoms with Crippen molar-refractivity contribution in [3.05, 3.63) is 56.2 Å². The Labute approximate surface area is 110 Å². The van der Waals surface area contributed by atoms with Gasteiger partial charge in [-0.3, -0.25) is 4.79 Å². The molecule has 2 aromatic rings. The smallest absolute Gasteiger partial charge is 0.335 e. The van der Waals surface area contributed by atoms with E-state index in [4.69, 9.17) is 5.11 Å². The van der Waals surface area contributed by atoms with Crippen molar-refractivity contribution >= 4 is 39.0 Å². The van der Waals surface area contributed by atoms with E-state index < -0.39 is 5.97 Å². The molecule has 2 rings (SSSR count). The number of ketones is 1. The van der Waals surface area contributed by atoms with Gasteiger partial charge in [0.25, 0.3) is 0 Å². The van der Waals surface area contributed by atoms with Crippen LogP contribution >= 0.6 is 27.3 Å². The van der Waals surface area contributed by atoms with Crippen molar-refractivity contribution < 1.29 is 14.7 Å². The van der Waals surface area contributed by atoms with Crippen LogP contribution in [-0.4, -0.2) is 16.9 Å². The topological polar surface area (TPSA) is 54.4 Å². The second-order valence-electron chi connectivity index (χ2n) is 3.34. The Morgan fingerprint density at radius 2 is 1.71 bits per heavy atom. The molecule has 0 unspecified atom stereocenters. The van der Waals surface area contributed by atoms with E-state index in [0.29, 0.717) is 10.4 Å². The molecule has 0 saturated heterocycles. The average molecular weight is 311 g/mol. The summed E-state index contributed by atoms with van der Waals surface area (Å²) in [6, 6.07) is 7.66. The first kappa shape index (κ1) is 12.0. The molecule has 0 atom stereocenters. The van der Waals surface area contributed by atoms with Gasteiger partial charge >= 0.3 is 5.97 Å². The molecule has 0 bridgehead atoms. The van der Waals surface area contributed by atoms with Crippen LogP contribution in [0, 0.1) is 0 Å². The summed E-state index contributed by atoms with van der Waals surface area (Å²) in [6.45, 7) is 0. The lowest BCUT2D eigenvalue weighted by Gasteiger charge is -1.99. The number of hydrogen-bond donors (Lipinski definition) is 1. The normalized spacial score (nSPS) is 10.2. The Bertz CT molecular complexity index is 572. The van der Waals surface area contributed by atoms with E-state index in [1.165, 1.54) is 35.6 Å². The fourth-order valence-corrected chi connectivity index (χ4v) is 2.73. The van der Waals surface area contributed by atoms with Crippen molar-refractivity contribution in [3.8, 4) is 0 Å². The molecular weight excluding hydrogens is 304 g/mol. The minimum Gasteiger partial charge on any atom is -0.478 e. The minimum absolute atomic E-state index is 0.0994. The molecule has 1 aromatic heterocycles. The number of halogens is 1. The number of carbonyl (C=O) groups excluding carboxylic acids is 1. The summed E-state index contributed by atoms with van der Waals surface area (Å²) < 4.78 is 0.869. The van der Waals surface area contributed by atoms with Gasteiger partial charge in [-0.25, -0.2) is 4.79 Å². The van der Waals surface area contributed by atoms with Crippen molar-refractivity contribution in [3.63, 3.8) is 0 Å². The highest BCUT2D eigenvalue weighted by molar-refractivity contribution is 9.10. The summed E-state index contributed by atoms with van der Waals surface area (Å²) in [6.07, 6.45) is 0. The Kier molecular flexibility index (Phi) is 3.40. The highest BCUT2D eigenvalue weighted by Gasteiger charge is 2.12. The highest BCUT2D eigenvalue weighted by Crippen LogP contribution is 2.22. The second kappa shape index (κ2) is 4.81. The Morgan fingerprint density at radius 1 is 1.12 bits per heavy atom. The molecule has 1 N–H and O–H groups in total. The van der Waals surface area contributed by atoms with Gasteiger partial charge in [-0.15, -0.1) is 11.3 Å². The van der Waals surface area contributed by atoms with E-state index in [2.05, 4.69) is 15.9 Å². The van der Waals surface area contributed by atoms with E-state index in [-0.39, 0.29) is 11.3 Å². The molecule has 0 aliphatic heterocycles. The standard InChI is InChI=1S/C12H7BrO3S/c13-9-5-10(17-6-9)11(14)7-1-3-8(4-2-7)12(15)16/h1-6H,(H,15,16). The zero-order chi connectivity index (χ0) is 12.4. The van der Waals surface area contributed by atoms with Crippen LogP contribution in [-0.2, 0) is 0 Å². The van der Waals surface area contributed by atoms with E-state index in [0.717, 1.165) is 4.47 Å². The van der Waals surface area contributed by atoms with E-state index in [9.17, 15) is 9.59 Å². The summed E-state index contributed by atoms with van der Waals surface area (Å²) in [5.41, 5.74) is 0.665. The lowest BCUT2D eigenvalue weighted by atomic mass is 10.1. The Balaban J connectivity index is 2.29. The van der Waals surface area contributed by atoms with Crippen LogP contribution in [0.5, 0.6) is 0 Å². The quantitative estimate of drug-likeness (QED) is 0.884. The van der Waals surface area contributed by atoms with Crippen LogP contribution < -0.4 is 0 Å². The molecule has 5 heteroatoms. The third-order valence-electron chi connectivity index (χ3n) is 2.19. The molecule has 0 fully saturated rings. The van der Waals surface area contributed by atoms with Gasteiger partial charge in [-0.2, -0.15) is 0 Å². The van der Waals surface area contributed by atoms with Gasteiger partial charge in [0.2, 0.25) is 5.78 Å². The van der Waals surface area contributed by atoms with Gasteiger partial charge in [0.15, 0.2) is 0 Å². The zero-order valence-electron chi connectivity index (χ0n) is 8.51. The predicted molar refractivity (Wildman–Crippen MR) is 68.9 cm³/mol. The first-order valence-electron chi connectivity index (χ1n) is 4.70. The van der Waals surface area contributed by atoms with Crippen LogP contribution in [0.25, 0.3) is 0 Å². The van der Waals surface area contributed by atoms with Crippen molar-refractivity contribution in [2.45, 2.75) is 0 Å². The number of rotatable bonds is 3. The summed E-state index contributed by atoms with van der Waals surface area (Å²) >= 11 is 4.63. The first-order valence-corrected chi connectivity index (χ1v) is 6.37. The SMILES string of the molecule is O=C(O)c1ccc(C(=O)c2cc(Br)cs2)cc1. The second-order valence-corrected chi connectivity index (χ2v) is 5.17. The van der Waals surface area contributed by atoms with Crippen LogP contribution in [0.4, 0.5) is 0 Å². The first-order chi connectivity index (χ1) is 8.08. The molecule has 0 spiro atoms. The van der Waals surface area contributed by atoms with Crippen LogP contribution in [0.3, 0.4) is 0 Å². The minimum atomic E-state index is -0.997. The summed E-state index contributed by atoms with van der Waals surface area (Å²) in [5.74, 6) is -1.10. The number of carbonyl (C=O) groups is 2. The van der Waals surface area contributed by atoms with Crippen molar-refractivity contribution in [2.24, 2.45) is 0 Å². The number of carboxylic acids is 1. The molecule has 3 nitrogen and oxygen atoms in total. The monoisotopic (exact) mass is 310 g/mol. The van der Waals surface area contributed by atoms with Gasteiger partial charge < -0.3 is 5.11 Å². The molecule has 1 heterocycles. The third kappa shape index (κ3) is 2.62. The van der Waals surface area contributed by atoms with Gasteiger partial charge in [-0.05, 0) is 34.1 Å². The molecule has 86 valence electrons. The molecule has 0 saturated carbocycles. The predicted octanol–water partition coefficient (Wildman–Crippen LogP) is 3.44. The number of carboxylic acid groups (broad SMARTS) is 1. The summed E-state index contributed by atoms with van der Waals surface area (Å²) in [4.78, 5) is 23.3. The summed E-state index contributed by atoms with van der Waals surface area (Å²) in [7, 11) is 0. The highest BCUT2D eigenvalue weighted by atomic mass is 79.9. The molecular formula is C12H7BrO3S. The maximum atomic E-state index is 12.0. The van der Waals surface area contributed by atoms with E-state index >= 15 is 0 Å². The van der Waals surface area contributed by atoms with E-state index in [1.807, 2.05) is 5.38 Å². The number of thiophene rings is 1. The number of hydrogen-bond acceptors (Lipinski definition) is 3. The molecule has 1 aromatic carbocycles. The maximum absolute atomic E-state index is 12.0. The largest absolute Gasteiger partial charge is 0.478 e. The van der Waals surface area contributed by atoms with E-state index in [1.54, 1.807) is 6.07 Å². The fourth-order valence-electron chi connectivity index (χ4n) is 1.34.